The van der Waals surface area contributed by atoms with Crippen molar-refractivity contribution in [3.63, 3.8) is 0 Å². The number of fused-ring (bicyclic) bond motifs is 1. The minimum atomic E-state index is 0.268. The number of para-hydroxylation sites is 1. The molecule has 4 nitrogen and oxygen atoms in total. The van der Waals surface area contributed by atoms with Crippen LogP contribution in [0.3, 0.4) is 0 Å². The maximum Gasteiger partial charge on any atom is 0.0957 e. The second kappa shape index (κ2) is 5.95. The van der Waals surface area contributed by atoms with Gasteiger partial charge in [-0.1, -0.05) is 19.1 Å². The first-order chi connectivity index (χ1) is 10.2. The molecule has 21 heavy (non-hydrogen) atoms. The summed E-state index contributed by atoms with van der Waals surface area (Å²) in [7, 11) is 1.99. The lowest BCUT2D eigenvalue weighted by Gasteiger charge is -2.16. The predicted octanol–water partition coefficient (Wildman–Crippen LogP) is 3.23. The average Bonchev–Trinajstić information content (AvgIpc) is 3.02. The molecule has 0 radical (unpaired) electrons. The number of benzene rings is 1. The van der Waals surface area contributed by atoms with Gasteiger partial charge in [0.1, 0.15) is 0 Å². The van der Waals surface area contributed by atoms with Gasteiger partial charge in [0.25, 0.3) is 0 Å². The van der Waals surface area contributed by atoms with Crippen molar-refractivity contribution in [2.75, 3.05) is 6.54 Å². The Bertz CT molecular complexity index is 711. The molecule has 1 aromatic carbocycles. The third kappa shape index (κ3) is 2.84. The van der Waals surface area contributed by atoms with Gasteiger partial charge in [-0.15, -0.1) is 11.3 Å². The van der Waals surface area contributed by atoms with Crippen LogP contribution in [0.2, 0.25) is 0 Å². The van der Waals surface area contributed by atoms with Crippen molar-refractivity contribution < 1.29 is 0 Å². The Morgan fingerprint density at radius 3 is 2.81 bits per heavy atom. The van der Waals surface area contributed by atoms with Crippen LogP contribution in [0.15, 0.2) is 30.5 Å². The molecular weight excluding hydrogens is 280 g/mol. The summed E-state index contributed by atoms with van der Waals surface area (Å²) in [5.74, 6) is 0. The molecule has 1 unspecified atom stereocenters. The summed E-state index contributed by atoms with van der Waals surface area (Å²) in [6.45, 7) is 5.19. The zero-order chi connectivity index (χ0) is 14.8. The highest BCUT2D eigenvalue weighted by molar-refractivity contribution is 7.18. The third-order valence-corrected chi connectivity index (χ3v) is 4.87. The molecule has 110 valence electrons. The fraction of sp³-hybridized carbons (Fsp3) is 0.375. The molecule has 1 atom stereocenters. The number of hydrogen-bond acceptors (Lipinski definition) is 4. The predicted molar refractivity (Wildman–Crippen MR) is 87.7 cm³/mol. The molecule has 3 aromatic rings. The molecule has 0 bridgehead atoms. The highest BCUT2D eigenvalue weighted by Crippen LogP contribution is 2.27. The zero-order valence-corrected chi connectivity index (χ0v) is 13.4. The molecule has 3 rings (SSSR count). The number of hydrogen-bond donors (Lipinski definition) is 1. The van der Waals surface area contributed by atoms with E-state index in [1.807, 2.05) is 24.0 Å². The topological polar surface area (TPSA) is 42.7 Å². The van der Waals surface area contributed by atoms with Gasteiger partial charge in [0.2, 0.25) is 0 Å². The van der Waals surface area contributed by atoms with E-state index < -0.39 is 0 Å². The second-order valence-corrected chi connectivity index (χ2v) is 6.31. The Balaban J connectivity index is 1.89. The number of thiazole rings is 1. The molecule has 0 saturated heterocycles. The van der Waals surface area contributed by atoms with E-state index in [4.69, 9.17) is 4.98 Å². The second-order valence-electron chi connectivity index (χ2n) is 5.20. The molecule has 2 heterocycles. The van der Waals surface area contributed by atoms with E-state index in [1.165, 1.54) is 21.0 Å². The summed E-state index contributed by atoms with van der Waals surface area (Å²) >= 11 is 1.78. The van der Waals surface area contributed by atoms with Crippen LogP contribution in [-0.4, -0.2) is 21.3 Å². The summed E-state index contributed by atoms with van der Waals surface area (Å²) in [5, 5.41) is 9.09. The van der Waals surface area contributed by atoms with E-state index in [0.717, 1.165) is 18.5 Å². The number of aromatic nitrogens is 3. The monoisotopic (exact) mass is 300 g/mol. The molecule has 2 aromatic heterocycles. The van der Waals surface area contributed by atoms with E-state index >= 15 is 0 Å². The average molecular weight is 300 g/mol. The van der Waals surface area contributed by atoms with Gasteiger partial charge in [-0.05, 0) is 25.6 Å². The molecule has 0 aliphatic heterocycles. The van der Waals surface area contributed by atoms with Crippen molar-refractivity contribution in [2.45, 2.75) is 26.3 Å². The highest BCUT2D eigenvalue weighted by Gasteiger charge is 2.18. The third-order valence-electron chi connectivity index (χ3n) is 3.82. The number of nitrogens with one attached hydrogen (secondary N) is 1. The van der Waals surface area contributed by atoms with Gasteiger partial charge < -0.3 is 5.32 Å². The van der Waals surface area contributed by atoms with Gasteiger partial charge in [-0.2, -0.15) is 5.10 Å². The summed E-state index contributed by atoms with van der Waals surface area (Å²) in [6, 6.07) is 8.58. The largest absolute Gasteiger partial charge is 0.310 e. The summed E-state index contributed by atoms with van der Waals surface area (Å²) in [5.41, 5.74) is 3.57. The molecule has 1 N–H and O–H groups in total. The van der Waals surface area contributed by atoms with E-state index in [-0.39, 0.29) is 6.04 Å². The first-order valence-corrected chi connectivity index (χ1v) is 8.07. The lowest BCUT2D eigenvalue weighted by atomic mass is 10.1. The van der Waals surface area contributed by atoms with Crippen LogP contribution in [0.4, 0.5) is 0 Å². The molecule has 0 aliphatic rings. The van der Waals surface area contributed by atoms with Crippen molar-refractivity contribution in [3.8, 4) is 0 Å². The van der Waals surface area contributed by atoms with Gasteiger partial charge >= 0.3 is 0 Å². The smallest absolute Gasteiger partial charge is 0.0957 e. The van der Waals surface area contributed by atoms with Crippen molar-refractivity contribution in [1.82, 2.24) is 20.1 Å². The van der Waals surface area contributed by atoms with Crippen molar-refractivity contribution in [1.29, 1.82) is 0 Å². The standard InChI is InChI=1S/C16H20N4S/c1-4-17-14(12-10-18-20(3)11(12)2)9-16-19-13-7-5-6-8-15(13)21-16/h5-8,10,14,17H,4,9H2,1-3H3. The molecular formula is C16H20N4S. The molecule has 0 amide bonds. The van der Waals surface area contributed by atoms with Gasteiger partial charge in [-0.25, -0.2) is 4.98 Å². The minimum Gasteiger partial charge on any atom is -0.310 e. The number of rotatable bonds is 5. The van der Waals surface area contributed by atoms with Gasteiger partial charge in [-0.3, -0.25) is 4.68 Å². The first kappa shape index (κ1) is 14.2. The quantitative estimate of drug-likeness (QED) is 0.786. The molecule has 0 saturated carbocycles. The summed E-state index contributed by atoms with van der Waals surface area (Å²) < 4.78 is 3.18. The molecule has 5 heteroatoms. The van der Waals surface area contributed by atoms with E-state index in [9.17, 15) is 0 Å². The van der Waals surface area contributed by atoms with Gasteiger partial charge in [0.05, 0.1) is 21.4 Å². The Morgan fingerprint density at radius 2 is 2.14 bits per heavy atom. The Kier molecular flexibility index (Phi) is 4.03. The fourth-order valence-corrected chi connectivity index (χ4v) is 3.59. The molecule has 0 spiro atoms. The maximum atomic E-state index is 4.75. The molecule has 0 aliphatic carbocycles. The first-order valence-electron chi connectivity index (χ1n) is 7.25. The lowest BCUT2D eigenvalue weighted by molar-refractivity contribution is 0.545. The van der Waals surface area contributed by atoms with E-state index in [0.29, 0.717) is 0 Å². The van der Waals surface area contributed by atoms with Gasteiger partial charge in [0.15, 0.2) is 0 Å². The van der Waals surface area contributed by atoms with Crippen LogP contribution in [0, 0.1) is 6.92 Å². The fourth-order valence-electron chi connectivity index (χ4n) is 2.58. The number of aryl methyl sites for hydroxylation is 1. The van der Waals surface area contributed by atoms with Crippen molar-refractivity contribution in [2.24, 2.45) is 7.05 Å². The Labute approximate surface area is 128 Å². The van der Waals surface area contributed by atoms with E-state index in [2.05, 4.69) is 42.5 Å². The van der Waals surface area contributed by atoms with Gasteiger partial charge in [0, 0.05) is 30.8 Å². The normalized spacial score (nSPS) is 12.9. The summed E-state index contributed by atoms with van der Waals surface area (Å²) in [4.78, 5) is 4.75. The number of nitrogens with zero attached hydrogens (tertiary/aromatic N) is 3. The van der Waals surface area contributed by atoms with Crippen molar-refractivity contribution in [3.05, 3.63) is 46.7 Å². The van der Waals surface area contributed by atoms with Crippen molar-refractivity contribution >= 4 is 21.6 Å². The summed E-state index contributed by atoms with van der Waals surface area (Å²) in [6.07, 6.45) is 2.87. The van der Waals surface area contributed by atoms with Crippen LogP contribution >= 0.6 is 11.3 Å². The van der Waals surface area contributed by atoms with Crippen LogP contribution in [0.1, 0.15) is 29.2 Å². The Hall–Kier alpha value is -1.72. The van der Waals surface area contributed by atoms with Crippen LogP contribution in [0.5, 0.6) is 0 Å². The molecule has 0 fully saturated rings. The Morgan fingerprint density at radius 1 is 1.33 bits per heavy atom. The lowest BCUT2D eigenvalue weighted by Crippen LogP contribution is -2.23. The number of likely N-dealkylation sites (N-methyl/N-ethyl adjacent to an activating group) is 1. The van der Waals surface area contributed by atoms with Crippen LogP contribution in [0.25, 0.3) is 10.2 Å². The minimum absolute atomic E-state index is 0.268. The SMILES string of the molecule is CCNC(Cc1nc2ccccc2s1)c1cnn(C)c1C. The highest BCUT2D eigenvalue weighted by atomic mass is 32.1. The van der Waals surface area contributed by atoms with Crippen LogP contribution < -0.4 is 5.32 Å². The van der Waals surface area contributed by atoms with Crippen LogP contribution in [-0.2, 0) is 13.5 Å². The zero-order valence-electron chi connectivity index (χ0n) is 12.6. The van der Waals surface area contributed by atoms with E-state index in [1.54, 1.807) is 11.3 Å². The maximum absolute atomic E-state index is 4.75.